The number of thiophene rings is 1. The first-order valence-corrected chi connectivity index (χ1v) is 8.38. The predicted molar refractivity (Wildman–Crippen MR) is 97.0 cm³/mol. The predicted octanol–water partition coefficient (Wildman–Crippen LogP) is 6.39. The van der Waals surface area contributed by atoms with Gasteiger partial charge in [0.15, 0.2) is 0 Å². The minimum absolute atomic E-state index is 0.762. The maximum Gasteiger partial charge on any atom is 0.0812 e. The van der Waals surface area contributed by atoms with Crippen molar-refractivity contribution in [2.45, 2.75) is 13.8 Å². The molecule has 1 nitrogen and oxygen atoms in total. The quantitative estimate of drug-likeness (QED) is 0.395. The number of nitrogens with zero attached hydrogens (tertiary/aromatic N) is 1. The Morgan fingerprint density at radius 2 is 1.82 bits per heavy atom. The molecule has 3 heteroatoms. The summed E-state index contributed by atoms with van der Waals surface area (Å²) in [5, 5.41) is 3.17. The van der Waals surface area contributed by atoms with Gasteiger partial charge in [0.25, 0.3) is 0 Å². The summed E-state index contributed by atoms with van der Waals surface area (Å²) in [6, 6.07) is 16.7. The molecule has 0 fully saturated rings. The first kappa shape index (κ1) is 13.7. The van der Waals surface area contributed by atoms with Crippen LogP contribution in [0.2, 0.25) is 5.02 Å². The van der Waals surface area contributed by atoms with E-state index in [1.165, 1.54) is 20.5 Å². The Labute approximate surface area is 138 Å². The fourth-order valence-electron chi connectivity index (χ4n) is 2.91. The summed E-state index contributed by atoms with van der Waals surface area (Å²) in [5.74, 6) is 0. The Kier molecular flexibility index (Phi) is 3.17. The number of aromatic nitrogens is 1. The molecule has 0 N–H and O–H groups in total. The molecule has 22 heavy (non-hydrogen) atoms. The van der Waals surface area contributed by atoms with E-state index in [1.807, 2.05) is 12.1 Å². The molecule has 4 aromatic rings. The molecule has 0 aliphatic carbocycles. The Balaban J connectivity index is 1.98. The van der Waals surface area contributed by atoms with Crippen molar-refractivity contribution < 1.29 is 0 Å². The lowest BCUT2D eigenvalue weighted by Gasteiger charge is -2.06. The molecule has 0 aliphatic heterocycles. The molecule has 0 atom stereocenters. The van der Waals surface area contributed by atoms with Crippen LogP contribution in [0.4, 0.5) is 0 Å². The number of fused-ring (bicyclic) bond motifs is 2. The van der Waals surface area contributed by atoms with E-state index in [0.717, 1.165) is 27.2 Å². The van der Waals surface area contributed by atoms with Gasteiger partial charge in [-0.2, -0.15) is 0 Å². The lowest BCUT2D eigenvalue weighted by Crippen LogP contribution is -1.88. The number of hydrogen-bond acceptors (Lipinski definition) is 2. The molecule has 108 valence electrons. The molecule has 2 heterocycles. The van der Waals surface area contributed by atoms with Crippen LogP contribution in [-0.4, -0.2) is 4.98 Å². The Bertz CT molecular complexity index is 1020. The standard InChI is InChI=1S/C19H14ClNS/c1-11-9-14(20)10-13-7-8-16(21-18(11)13)19-12(2)15-5-3-4-6-17(15)22-19/h3-10H,1-2H3. The number of aryl methyl sites for hydroxylation is 2. The number of rotatable bonds is 1. The van der Waals surface area contributed by atoms with Gasteiger partial charge in [-0.05, 0) is 54.6 Å². The highest BCUT2D eigenvalue weighted by atomic mass is 35.5. The number of halogens is 1. The molecule has 0 radical (unpaired) electrons. The van der Waals surface area contributed by atoms with E-state index in [0.29, 0.717) is 0 Å². The van der Waals surface area contributed by atoms with Crippen LogP contribution in [0.3, 0.4) is 0 Å². The third kappa shape index (κ3) is 2.11. The third-order valence-electron chi connectivity index (χ3n) is 4.02. The molecular formula is C19H14ClNS. The van der Waals surface area contributed by atoms with E-state index in [-0.39, 0.29) is 0 Å². The summed E-state index contributed by atoms with van der Waals surface area (Å²) >= 11 is 7.94. The highest BCUT2D eigenvalue weighted by molar-refractivity contribution is 7.22. The maximum absolute atomic E-state index is 6.13. The van der Waals surface area contributed by atoms with Gasteiger partial charge in [0.1, 0.15) is 0 Å². The highest BCUT2D eigenvalue weighted by Gasteiger charge is 2.12. The number of benzene rings is 2. The van der Waals surface area contributed by atoms with E-state index in [1.54, 1.807) is 11.3 Å². The Morgan fingerprint density at radius 1 is 1.00 bits per heavy atom. The molecule has 0 spiro atoms. The van der Waals surface area contributed by atoms with E-state index in [9.17, 15) is 0 Å². The van der Waals surface area contributed by atoms with Crippen molar-refractivity contribution >= 4 is 43.9 Å². The van der Waals surface area contributed by atoms with Gasteiger partial charge >= 0.3 is 0 Å². The second kappa shape index (κ2) is 5.08. The van der Waals surface area contributed by atoms with E-state index >= 15 is 0 Å². The molecule has 2 aromatic heterocycles. The van der Waals surface area contributed by atoms with Crippen molar-refractivity contribution in [3.05, 3.63) is 64.7 Å². The monoisotopic (exact) mass is 323 g/mol. The van der Waals surface area contributed by atoms with Crippen molar-refractivity contribution in [3.63, 3.8) is 0 Å². The van der Waals surface area contributed by atoms with Gasteiger partial charge in [-0.25, -0.2) is 4.98 Å². The second-order valence-corrected chi connectivity index (χ2v) is 7.03. The lowest BCUT2D eigenvalue weighted by atomic mass is 10.1. The van der Waals surface area contributed by atoms with Crippen LogP contribution in [0, 0.1) is 13.8 Å². The van der Waals surface area contributed by atoms with Gasteiger partial charge in [0, 0.05) is 15.1 Å². The van der Waals surface area contributed by atoms with Gasteiger partial charge in [-0.3, -0.25) is 0 Å². The van der Waals surface area contributed by atoms with E-state index in [2.05, 4.69) is 50.2 Å². The van der Waals surface area contributed by atoms with Crippen LogP contribution < -0.4 is 0 Å². The zero-order valence-electron chi connectivity index (χ0n) is 12.4. The molecular weight excluding hydrogens is 310 g/mol. The summed E-state index contributed by atoms with van der Waals surface area (Å²) < 4.78 is 1.31. The average Bonchev–Trinajstić information content (AvgIpc) is 2.84. The zero-order chi connectivity index (χ0) is 15.3. The van der Waals surface area contributed by atoms with Crippen molar-refractivity contribution in [2.75, 3.05) is 0 Å². The molecule has 0 unspecified atom stereocenters. The zero-order valence-corrected chi connectivity index (χ0v) is 13.9. The van der Waals surface area contributed by atoms with Crippen molar-refractivity contribution in [3.8, 4) is 10.6 Å². The van der Waals surface area contributed by atoms with Gasteiger partial charge in [0.2, 0.25) is 0 Å². The smallest absolute Gasteiger partial charge is 0.0812 e. The van der Waals surface area contributed by atoms with Gasteiger partial charge in [-0.15, -0.1) is 11.3 Å². The normalized spacial score (nSPS) is 11.4. The molecule has 4 rings (SSSR count). The van der Waals surface area contributed by atoms with Crippen LogP contribution in [0.5, 0.6) is 0 Å². The van der Waals surface area contributed by atoms with Crippen molar-refractivity contribution in [1.82, 2.24) is 4.98 Å². The molecule has 0 saturated carbocycles. The first-order valence-electron chi connectivity index (χ1n) is 7.19. The number of hydrogen-bond donors (Lipinski definition) is 0. The summed E-state index contributed by atoms with van der Waals surface area (Å²) in [6.45, 7) is 4.23. The Hall–Kier alpha value is -1.90. The van der Waals surface area contributed by atoms with Crippen LogP contribution in [0.25, 0.3) is 31.6 Å². The maximum atomic E-state index is 6.13. The fraction of sp³-hybridized carbons (Fsp3) is 0.105. The molecule has 2 aromatic carbocycles. The molecule has 0 amide bonds. The second-order valence-electron chi connectivity index (χ2n) is 5.54. The van der Waals surface area contributed by atoms with Crippen LogP contribution in [0.1, 0.15) is 11.1 Å². The molecule has 0 bridgehead atoms. The van der Waals surface area contributed by atoms with Gasteiger partial charge in [-0.1, -0.05) is 35.9 Å². The minimum atomic E-state index is 0.762. The highest BCUT2D eigenvalue weighted by Crippen LogP contribution is 2.38. The van der Waals surface area contributed by atoms with E-state index in [4.69, 9.17) is 16.6 Å². The van der Waals surface area contributed by atoms with Gasteiger partial charge in [0.05, 0.1) is 16.1 Å². The van der Waals surface area contributed by atoms with Crippen LogP contribution in [-0.2, 0) is 0 Å². The summed E-state index contributed by atoms with van der Waals surface area (Å²) in [5.41, 5.74) is 4.48. The Morgan fingerprint density at radius 3 is 2.64 bits per heavy atom. The van der Waals surface area contributed by atoms with E-state index < -0.39 is 0 Å². The van der Waals surface area contributed by atoms with Crippen molar-refractivity contribution in [1.29, 1.82) is 0 Å². The topological polar surface area (TPSA) is 12.9 Å². The largest absolute Gasteiger partial charge is 0.247 e. The summed E-state index contributed by atoms with van der Waals surface area (Å²) in [6.07, 6.45) is 0. The van der Waals surface area contributed by atoms with Gasteiger partial charge < -0.3 is 0 Å². The average molecular weight is 324 g/mol. The molecule has 0 aliphatic rings. The summed E-state index contributed by atoms with van der Waals surface area (Å²) in [4.78, 5) is 6.14. The SMILES string of the molecule is Cc1c(-c2ccc3cc(Cl)cc(C)c3n2)sc2ccccc12. The number of pyridine rings is 1. The molecule has 0 saturated heterocycles. The third-order valence-corrected chi connectivity index (χ3v) is 5.54. The minimum Gasteiger partial charge on any atom is -0.247 e. The fourth-order valence-corrected chi connectivity index (χ4v) is 4.37. The first-order chi connectivity index (χ1) is 10.6. The summed E-state index contributed by atoms with van der Waals surface area (Å²) in [7, 11) is 0. The lowest BCUT2D eigenvalue weighted by molar-refractivity contribution is 1.36. The van der Waals surface area contributed by atoms with Crippen LogP contribution >= 0.6 is 22.9 Å². The van der Waals surface area contributed by atoms with Crippen molar-refractivity contribution in [2.24, 2.45) is 0 Å². The van der Waals surface area contributed by atoms with Crippen LogP contribution in [0.15, 0.2) is 48.5 Å².